The van der Waals surface area contributed by atoms with E-state index < -0.39 is 0 Å². The fourth-order valence-electron chi connectivity index (χ4n) is 1.89. The van der Waals surface area contributed by atoms with Gasteiger partial charge < -0.3 is 15.5 Å². The van der Waals surface area contributed by atoms with E-state index >= 15 is 0 Å². The summed E-state index contributed by atoms with van der Waals surface area (Å²) in [6.07, 6.45) is 3.85. The van der Waals surface area contributed by atoms with Gasteiger partial charge in [0.1, 0.15) is 5.02 Å². The van der Waals surface area contributed by atoms with E-state index in [9.17, 15) is 0 Å². The Morgan fingerprint density at radius 2 is 1.90 bits per heavy atom. The number of likely N-dealkylation sites (N-methyl/N-ethyl adjacent to an activating group) is 1. The lowest BCUT2D eigenvalue weighted by Gasteiger charge is -2.20. The molecule has 0 fully saturated rings. The summed E-state index contributed by atoms with van der Waals surface area (Å²) in [5, 5.41) is 7.01. The van der Waals surface area contributed by atoms with E-state index in [-0.39, 0.29) is 0 Å². The highest BCUT2D eigenvalue weighted by Crippen LogP contribution is 2.19. The Morgan fingerprint density at radius 3 is 2.55 bits per heavy atom. The third-order valence-corrected chi connectivity index (χ3v) is 3.26. The molecule has 6 heteroatoms. The molecule has 114 valence electrons. The summed E-state index contributed by atoms with van der Waals surface area (Å²) < 4.78 is 0. The third kappa shape index (κ3) is 5.92. The highest BCUT2D eigenvalue weighted by atomic mass is 35.5. The molecule has 20 heavy (non-hydrogen) atoms. The molecule has 0 aromatic carbocycles. The van der Waals surface area contributed by atoms with Crippen LogP contribution in [0.2, 0.25) is 5.02 Å². The van der Waals surface area contributed by atoms with Crippen molar-refractivity contribution in [3.05, 3.63) is 11.2 Å². The van der Waals surface area contributed by atoms with E-state index in [1.54, 1.807) is 6.20 Å². The number of anilines is 2. The highest BCUT2D eigenvalue weighted by Gasteiger charge is 2.06. The second-order valence-corrected chi connectivity index (χ2v) is 5.09. The Bertz CT molecular complexity index is 386. The van der Waals surface area contributed by atoms with Gasteiger partial charge in [0.25, 0.3) is 0 Å². The van der Waals surface area contributed by atoms with E-state index in [4.69, 9.17) is 11.6 Å². The average molecular weight is 300 g/mol. The molecule has 0 amide bonds. The van der Waals surface area contributed by atoms with Gasteiger partial charge in [0.2, 0.25) is 5.95 Å². The fraction of sp³-hybridized carbons (Fsp3) is 0.714. The molecular formula is C14H26ClN5. The number of rotatable bonds is 10. The zero-order valence-electron chi connectivity index (χ0n) is 12.7. The standard InChI is InChI=1S/C14H26ClN5/c1-4-7-17-14-18-11-12(15)13(19-14)16-8-10-20(6-3)9-5-2/h11H,4-10H2,1-3H3,(H2,16,17,18,19). The van der Waals surface area contributed by atoms with Gasteiger partial charge in [0, 0.05) is 19.6 Å². The molecule has 0 aliphatic carbocycles. The summed E-state index contributed by atoms with van der Waals surface area (Å²) in [5.41, 5.74) is 0. The van der Waals surface area contributed by atoms with Crippen molar-refractivity contribution in [3.8, 4) is 0 Å². The van der Waals surface area contributed by atoms with Crippen LogP contribution in [-0.4, -0.2) is 47.6 Å². The van der Waals surface area contributed by atoms with Crippen molar-refractivity contribution in [2.45, 2.75) is 33.6 Å². The molecule has 0 atom stereocenters. The average Bonchev–Trinajstić information content (AvgIpc) is 2.46. The molecule has 0 aliphatic rings. The predicted octanol–water partition coefficient (Wildman–Crippen LogP) is 3.10. The van der Waals surface area contributed by atoms with Gasteiger partial charge in [-0.2, -0.15) is 4.98 Å². The molecule has 0 aliphatic heterocycles. The summed E-state index contributed by atoms with van der Waals surface area (Å²) in [6.45, 7) is 11.4. The molecule has 0 unspecified atom stereocenters. The van der Waals surface area contributed by atoms with Crippen molar-refractivity contribution in [1.29, 1.82) is 0 Å². The maximum absolute atomic E-state index is 6.11. The Morgan fingerprint density at radius 1 is 1.10 bits per heavy atom. The minimum Gasteiger partial charge on any atom is -0.367 e. The SMILES string of the molecule is CCCNc1ncc(Cl)c(NCCN(CC)CCC)n1. The van der Waals surface area contributed by atoms with Gasteiger partial charge in [-0.1, -0.05) is 32.4 Å². The zero-order chi connectivity index (χ0) is 14.8. The monoisotopic (exact) mass is 299 g/mol. The van der Waals surface area contributed by atoms with Gasteiger partial charge in [0.15, 0.2) is 5.82 Å². The molecule has 1 aromatic heterocycles. The van der Waals surface area contributed by atoms with Crippen LogP contribution in [0.15, 0.2) is 6.20 Å². The zero-order valence-corrected chi connectivity index (χ0v) is 13.5. The van der Waals surface area contributed by atoms with Crippen LogP contribution >= 0.6 is 11.6 Å². The molecule has 1 heterocycles. The summed E-state index contributed by atoms with van der Waals surface area (Å²) in [5.74, 6) is 1.33. The lowest BCUT2D eigenvalue weighted by Crippen LogP contribution is -2.29. The highest BCUT2D eigenvalue weighted by molar-refractivity contribution is 6.32. The van der Waals surface area contributed by atoms with Crippen molar-refractivity contribution < 1.29 is 0 Å². The maximum Gasteiger partial charge on any atom is 0.224 e. The molecule has 1 rings (SSSR count). The third-order valence-electron chi connectivity index (χ3n) is 2.98. The van der Waals surface area contributed by atoms with Gasteiger partial charge in [-0.15, -0.1) is 0 Å². The summed E-state index contributed by atoms with van der Waals surface area (Å²) in [7, 11) is 0. The fourth-order valence-corrected chi connectivity index (χ4v) is 2.05. The van der Waals surface area contributed by atoms with Crippen LogP contribution in [0.1, 0.15) is 33.6 Å². The Balaban J connectivity index is 2.49. The van der Waals surface area contributed by atoms with Crippen LogP contribution in [0.4, 0.5) is 11.8 Å². The topological polar surface area (TPSA) is 53.1 Å². The van der Waals surface area contributed by atoms with E-state index in [0.717, 1.165) is 39.1 Å². The molecule has 0 saturated heterocycles. The van der Waals surface area contributed by atoms with Gasteiger partial charge in [-0.3, -0.25) is 0 Å². The van der Waals surface area contributed by atoms with Gasteiger partial charge in [-0.05, 0) is 25.9 Å². The second kappa shape index (κ2) is 9.77. The molecule has 1 aromatic rings. The van der Waals surface area contributed by atoms with Crippen LogP contribution in [0.5, 0.6) is 0 Å². The number of nitrogens with one attached hydrogen (secondary N) is 2. The second-order valence-electron chi connectivity index (χ2n) is 4.68. The van der Waals surface area contributed by atoms with Crippen LogP contribution in [-0.2, 0) is 0 Å². The number of halogens is 1. The minimum atomic E-state index is 0.561. The van der Waals surface area contributed by atoms with Gasteiger partial charge in [0.05, 0.1) is 6.20 Å². The molecule has 0 radical (unpaired) electrons. The predicted molar refractivity (Wildman–Crippen MR) is 86.7 cm³/mol. The van der Waals surface area contributed by atoms with Gasteiger partial charge >= 0.3 is 0 Å². The Labute approximate surface area is 127 Å². The first-order valence-electron chi connectivity index (χ1n) is 7.43. The maximum atomic E-state index is 6.11. The smallest absolute Gasteiger partial charge is 0.224 e. The lowest BCUT2D eigenvalue weighted by molar-refractivity contribution is 0.300. The summed E-state index contributed by atoms with van der Waals surface area (Å²) in [6, 6.07) is 0. The quantitative estimate of drug-likeness (QED) is 0.695. The molecule has 0 bridgehead atoms. The molecule has 0 saturated carbocycles. The van der Waals surface area contributed by atoms with E-state index in [2.05, 4.69) is 46.3 Å². The minimum absolute atomic E-state index is 0.561. The Kier molecular flexibility index (Phi) is 8.30. The van der Waals surface area contributed by atoms with Crippen molar-refractivity contribution in [3.63, 3.8) is 0 Å². The lowest BCUT2D eigenvalue weighted by atomic mass is 10.4. The number of hydrogen-bond donors (Lipinski definition) is 2. The first-order valence-corrected chi connectivity index (χ1v) is 7.81. The largest absolute Gasteiger partial charge is 0.367 e. The van der Waals surface area contributed by atoms with Gasteiger partial charge in [-0.25, -0.2) is 4.98 Å². The summed E-state index contributed by atoms with van der Waals surface area (Å²) >= 11 is 6.11. The Hall–Kier alpha value is -1.07. The number of hydrogen-bond acceptors (Lipinski definition) is 5. The van der Waals surface area contributed by atoms with Crippen molar-refractivity contribution in [2.75, 3.05) is 43.4 Å². The van der Waals surface area contributed by atoms with Crippen molar-refractivity contribution >= 4 is 23.4 Å². The van der Waals surface area contributed by atoms with E-state index in [0.29, 0.717) is 16.8 Å². The summed E-state index contributed by atoms with van der Waals surface area (Å²) in [4.78, 5) is 11.0. The van der Waals surface area contributed by atoms with E-state index in [1.807, 2.05) is 0 Å². The van der Waals surface area contributed by atoms with Crippen LogP contribution in [0.3, 0.4) is 0 Å². The number of nitrogens with zero attached hydrogens (tertiary/aromatic N) is 3. The van der Waals surface area contributed by atoms with Crippen LogP contribution in [0, 0.1) is 0 Å². The van der Waals surface area contributed by atoms with Crippen LogP contribution < -0.4 is 10.6 Å². The normalized spacial score (nSPS) is 10.8. The van der Waals surface area contributed by atoms with Crippen molar-refractivity contribution in [2.24, 2.45) is 0 Å². The number of aromatic nitrogens is 2. The first kappa shape index (κ1) is 17.0. The first-order chi connectivity index (χ1) is 9.71. The van der Waals surface area contributed by atoms with Crippen LogP contribution in [0.25, 0.3) is 0 Å². The van der Waals surface area contributed by atoms with Crippen molar-refractivity contribution in [1.82, 2.24) is 14.9 Å². The molecular weight excluding hydrogens is 274 g/mol. The molecule has 5 nitrogen and oxygen atoms in total. The van der Waals surface area contributed by atoms with E-state index in [1.165, 1.54) is 6.42 Å². The molecule has 0 spiro atoms. The molecule has 2 N–H and O–H groups in total.